The van der Waals surface area contributed by atoms with Crippen molar-refractivity contribution in [3.05, 3.63) is 83.9 Å². The Bertz CT molecular complexity index is 887. The van der Waals surface area contributed by atoms with E-state index in [1.54, 1.807) is 6.07 Å². The van der Waals surface area contributed by atoms with Crippen molar-refractivity contribution in [3.8, 4) is 0 Å². The molecule has 3 aromatic carbocycles. The fourth-order valence-electron chi connectivity index (χ4n) is 3.77. The number of benzene rings is 3. The van der Waals surface area contributed by atoms with Crippen molar-refractivity contribution in [2.24, 2.45) is 0 Å². The van der Waals surface area contributed by atoms with Gasteiger partial charge in [0.05, 0.1) is 11.4 Å². The summed E-state index contributed by atoms with van der Waals surface area (Å²) in [5.41, 5.74) is 6.05. The molecule has 4 heteroatoms. The molecule has 0 spiro atoms. The summed E-state index contributed by atoms with van der Waals surface area (Å²) in [5.74, 6) is 0. The zero-order valence-corrected chi connectivity index (χ0v) is 14.3. The first kappa shape index (κ1) is 15.9. The smallest absolute Gasteiger partial charge is 0.423 e. The van der Waals surface area contributed by atoms with E-state index >= 15 is 0 Å². The Hall–Kier alpha value is -2.56. The maximum absolute atomic E-state index is 9.56. The number of anilines is 3. The lowest BCUT2D eigenvalue weighted by atomic mass is 9.73. The fraction of sp³-hybridized carbons (Fsp3) is 0.143. The van der Waals surface area contributed by atoms with E-state index in [-0.39, 0.29) is 5.41 Å². The quantitative estimate of drug-likeness (QED) is 0.708. The van der Waals surface area contributed by atoms with Gasteiger partial charge in [-0.2, -0.15) is 0 Å². The highest BCUT2D eigenvalue weighted by Crippen LogP contribution is 2.51. The second kappa shape index (κ2) is 5.76. The molecule has 0 radical (unpaired) electrons. The lowest BCUT2D eigenvalue weighted by Gasteiger charge is -2.42. The highest BCUT2D eigenvalue weighted by molar-refractivity contribution is 6.58. The summed E-state index contributed by atoms with van der Waals surface area (Å²) >= 11 is 0. The molecule has 0 aliphatic carbocycles. The zero-order chi connectivity index (χ0) is 17.6. The first-order valence-electron chi connectivity index (χ1n) is 8.45. The average Bonchev–Trinajstić information content (AvgIpc) is 2.62. The van der Waals surface area contributed by atoms with Gasteiger partial charge in [0.2, 0.25) is 0 Å². The molecule has 0 bridgehead atoms. The number of para-hydroxylation sites is 2. The van der Waals surface area contributed by atoms with Crippen LogP contribution >= 0.6 is 0 Å². The van der Waals surface area contributed by atoms with E-state index in [0.717, 1.165) is 17.1 Å². The van der Waals surface area contributed by atoms with E-state index in [1.165, 1.54) is 11.1 Å². The Morgan fingerprint density at radius 3 is 1.88 bits per heavy atom. The van der Waals surface area contributed by atoms with Crippen molar-refractivity contribution in [2.45, 2.75) is 19.3 Å². The number of hydrogen-bond acceptors (Lipinski definition) is 3. The van der Waals surface area contributed by atoms with Crippen molar-refractivity contribution >= 4 is 29.6 Å². The summed E-state index contributed by atoms with van der Waals surface area (Å²) in [4.78, 5) is 2.20. The Morgan fingerprint density at radius 1 is 0.760 bits per heavy atom. The molecular weight excluding hydrogens is 309 g/mol. The minimum Gasteiger partial charge on any atom is -0.423 e. The van der Waals surface area contributed by atoms with E-state index in [2.05, 4.69) is 55.1 Å². The van der Waals surface area contributed by atoms with Crippen molar-refractivity contribution < 1.29 is 10.0 Å². The van der Waals surface area contributed by atoms with Gasteiger partial charge in [-0.3, -0.25) is 0 Å². The van der Waals surface area contributed by atoms with Gasteiger partial charge < -0.3 is 14.9 Å². The summed E-state index contributed by atoms with van der Waals surface area (Å²) in [6.45, 7) is 4.49. The molecule has 4 rings (SSSR count). The van der Waals surface area contributed by atoms with Gasteiger partial charge in [0.1, 0.15) is 0 Å². The standard InChI is InChI=1S/C21H20BNO2/c1-21(2)17-10-3-5-12-19(17)23(20-13-6-4-11-18(20)21)16-9-7-8-15(14-16)22(24)25/h3-14,24-25H,1-2H3. The van der Waals surface area contributed by atoms with Crippen LogP contribution < -0.4 is 10.4 Å². The molecule has 1 aliphatic heterocycles. The monoisotopic (exact) mass is 329 g/mol. The van der Waals surface area contributed by atoms with Gasteiger partial charge >= 0.3 is 7.12 Å². The molecule has 0 aromatic heterocycles. The molecule has 0 saturated carbocycles. The van der Waals surface area contributed by atoms with Crippen LogP contribution in [0.15, 0.2) is 72.8 Å². The molecule has 3 aromatic rings. The Labute approximate surface area is 148 Å². The van der Waals surface area contributed by atoms with E-state index in [9.17, 15) is 10.0 Å². The van der Waals surface area contributed by atoms with E-state index < -0.39 is 7.12 Å². The first-order valence-corrected chi connectivity index (χ1v) is 8.45. The third kappa shape index (κ3) is 2.46. The van der Waals surface area contributed by atoms with Gasteiger partial charge in [-0.25, -0.2) is 0 Å². The Morgan fingerprint density at radius 2 is 1.32 bits per heavy atom. The second-order valence-electron chi connectivity index (χ2n) is 6.96. The van der Waals surface area contributed by atoms with Crippen molar-refractivity contribution in [2.75, 3.05) is 4.90 Å². The van der Waals surface area contributed by atoms with Gasteiger partial charge in [-0.05, 0) is 40.9 Å². The van der Waals surface area contributed by atoms with Gasteiger partial charge in [0, 0.05) is 11.1 Å². The summed E-state index contributed by atoms with van der Waals surface area (Å²) in [6, 6.07) is 24.2. The maximum atomic E-state index is 9.56. The molecule has 0 amide bonds. The molecule has 2 N–H and O–H groups in total. The SMILES string of the molecule is CC1(C)c2ccccc2N(c2cccc(B(O)O)c2)c2ccccc21. The highest BCUT2D eigenvalue weighted by atomic mass is 16.4. The van der Waals surface area contributed by atoms with Gasteiger partial charge in [-0.1, -0.05) is 62.4 Å². The highest BCUT2D eigenvalue weighted by Gasteiger charge is 2.36. The van der Waals surface area contributed by atoms with Crippen LogP contribution in [0.1, 0.15) is 25.0 Å². The largest absolute Gasteiger partial charge is 0.488 e. The zero-order valence-electron chi connectivity index (χ0n) is 14.3. The summed E-state index contributed by atoms with van der Waals surface area (Å²) in [5, 5.41) is 19.1. The summed E-state index contributed by atoms with van der Waals surface area (Å²) < 4.78 is 0. The van der Waals surface area contributed by atoms with E-state index in [4.69, 9.17) is 0 Å². The molecule has 0 fully saturated rings. The number of nitrogens with zero attached hydrogens (tertiary/aromatic N) is 1. The lowest BCUT2D eigenvalue weighted by Crippen LogP contribution is -2.32. The minimum atomic E-state index is -1.48. The predicted molar refractivity (Wildman–Crippen MR) is 103 cm³/mol. The van der Waals surface area contributed by atoms with Crippen LogP contribution in [-0.4, -0.2) is 17.2 Å². The van der Waals surface area contributed by atoms with E-state index in [0.29, 0.717) is 5.46 Å². The van der Waals surface area contributed by atoms with Gasteiger partial charge in [0.15, 0.2) is 0 Å². The Balaban J connectivity index is 1.99. The van der Waals surface area contributed by atoms with Crippen molar-refractivity contribution in [1.82, 2.24) is 0 Å². The summed E-state index contributed by atoms with van der Waals surface area (Å²) in [7, 11) is -1.48. The fourth-order valence-corrected chi connectivity index (χ4v) is 3.77. The molecule has 1 aliphatic rings. The summed E-state index contributed by atoms with van der Waals surface area (Å²) in [6.07, 6.45) is 0. The predicted octanol–water partition coefficient (Wildman–Crippen LogP) is 3.48. The number of hydrogen-bond donors (Lipinski definition) is 2. The molecular formula is C21H20BNO2. The van der Waals surface area contributed by atoms with Crippen molar-refractivity contribution in [3.63, 3.8) is 0 Å². The Kier molecular flexibility index (Phi) is 3.67. The third-order valence-electron chi connectivity index (χ3n) is 5.06. The van der Waals surface area contributed by atoms with Crippen LogP contribution in [0.25, 0.3) is 0 Å². The molecule has 3 nitrogen and oxygen atoms in total. The van der Waals surface area contributed by atoms with Crippen LogP contribution in [0.2, 0.25) is 0 Å². The second-order valence-corrected chi connectivity index (χ2v) is 6.96. The normalized spacial score (nSPS) is 14.6. The van der Waals surface area contributed by atoms with Gasteiger partial charge in [0.25, 0.3) is 0 Å². The maximum Gasteiger partial charge on any atom is 0.488 e. The van der Waals surface area contributed by atoms with Gasteiger partial charge in [-0.15, -0.1) is 0 Å². The van der Waals surface area contributed by atoms with Crippen LogP contribution in [0.3, 0.4) is 0 Å². The minimum absolute atomic E-state index is 0.0994. The molecule has 0 unspecified atom stereocenters. The van der Waals surface area contributed by atoms with Crippen LogP contribution in [0.4, 0.5) is 17.1 Å². The first-order chi connectivity index (χ1) is 12.0. The molecule has 124 valence electrons. The molecule has 25 heavy (non-hydrogen) atoms. The third-order valence-corrected chi connectivity index (χ3v) is 5.06. The van der Waals surface area contributed by atoms with E-state index in [1.807, 2.05) is 30.3 Å². The molecule has 0 saturated heterocycles. The van der Waals surface area contributed by atoms with Crippen LogP contribution in [0, 0.1) is 0 Å². The lowest BCUT2D eigenvalue weighted by molar-refractivity contribution is 0.426. The van der Waals surface area contributed by atoms with Crippen LogP contribution in [0.5, 0.6) is 0 Å². The topological polar surface area (TPSA) is 43.7 Å². The van der Waals surface area contributed by atoms with Crippen LogP contribution in [-0.2, 0) is 5.41 Å². The number of fused-ring (bicyclic) bond motifs is 2. The average molecular weight is 329 g/mol. The van der Waals surface area contributed by atoms with Crippen molar-refractivity contribution in [1.29, 1.82) is 0 Å². The molecule has 0 atom stereocenters. The molecule has 1 heterocycles. The number of rotatable bonds is 2.